The van der Waals surface area contributed by atoms with Crippen LogP contribution in [0.1, 0.15) is 10.4 Å². The van der Waals surface area contributed by atoms with Crippen molar-refractivity contribution in [2.45, 2.75) is 6.54 Å². The molecule has 0 atom stereocenters. The van der Waals surface area contributed by atoms with Crippen LogP contribution < -0.4 is 19.9 Å². The van der Waals surface area contributed by atoms with Crippen LogP contribution in [0.2, 0.25) is 0 Å². The van der Waals surface area contributed by atoms with E-state index < -0.39 is 0 Å². The van der Waals surface area contributed by atoms with Crippen LogP contribution in [0.5, 0.6) is 5.75 Å². The fraction of sp³-hybridized carbons (Fsp3) is 0.0800. The molecule has 6 nitrogen and oxygen atoms in total. The molecule has 4 aromatic rings. The number of benzene rings is 3. The molecule has 0 bridgehead atoms. The van der Waals surface area contributed by atoms with E-state index in [1.54, 1.807) is 43.5 Å². The van der Waals surface area contributed by atoms with Gasteiger partial charge in [0.25, 0.3) is 11.8 Å². The van der Waals surface area contributed by atoms with Gasteiger partial charge in [-0.3, -0.25) is 9.59 Å². The van der Waals surface area contributed by atoms with Gasteiger partial charge in [-0.25, -0.2) is 0 Å². The first-order valence-corrected chi connectivity index (χ1v) is 9.84. The summed E-state index contributed by atoms with van der Waals surface area (Å²) in [6.07, 6.45) is 3.83. The number of carbonyl (C=O) groups excluding carboxylic acids is 2. The predicted octanol–water partition coefficient (Wildman–Crippen LogP) is 4.03. The number of anilines is 2. The maximum Gasteiger partial charge on any atom is 0.290 e. The minimum Gasteiger partial charge on any atom is -0.495 e. The molecule has 0 saturated carbocycles. The molecule has 2 N–H and O–H groups in total. The van der Waals surface area contributed by atoms with Crippen molar-refractivity contribution in [3.05, 3.63) is 96.8 Å². The second-order valence-corrected chi connectivity index (χ2v) is 7.03. The number of para-hydroxylation sites is 2. The molecule has 0 saturated heterocycles. The van der Waals surface area contributed by atoms with E-state index in [0.29, 0.717) is 22.7 Å². The zero-order chi connectivity index (χ0) is 21.6. The van der Waals surface area contributed by atoms with Crippen LogP contribution >= 0.6 is 0 Å². The number of fused-ring (bicyclic) bond motifs is 1. The topological polar surface area (TPSA) is 71.3 Å². The van der Waals surface area contributed by atoms with Crippen molar-refractivity contribution >= 4 is 34.0 Å². The van der Waals surface area contributed by atoms with Gasteiger partial charge in [0.15, 0.2) is 12.4 Å². The molecule has 3 aromatic carbocycles. The summed E-state index contributed by atoms with van der Waals surface area (Å²) in [5.41, 5.74) is 1.70. The molecule has 0 aliphatic heterocycles. The van der Waals surface area contributed by atoms with Gasteiger partial charge in [-0.05, 0) is 47.9 Å². The first-order valence-electron chi connectivity index (χ1n) is 9.84. The molecule has 2 amide bonds. The Labute approximate surface area is 180 Å². The van der Waals surface area contributed by atoms with Crippen molar-refractivity contribution in [2.75, 3.05) is 17.7 Å². The molecule has 31 heavy (non-hydrogen) atoms. The maximum atomic E-state index is 12.5. The number of methoxy groups -OCH3 is 1. The van der Waals surface area contributed by atoms with Gasteiger partial charge in [-0.15, -0.1) is 0 Å². The number of rotatable bonds is 6. The van der Waals surface area contributed by atoms with Gasteiger partial charge in [0.05, 0.1) is 12.8 Å². The zero-order valence-corrected chi connectivity index (χ0v) is 17.0. The first kappa shape index (κ1) is 20.1. The maximum absolute atomic E-state index is 12.5. The normalized spacial score (nSPS) is 10.5. The molecule has 4 rings (SSSR count). The van der Waals surface area contributed by atoms with Crippen molar-refractivity contribution in [1.29, 1.82) is 0 Å². The molecule has 0 aliphatic carbocycles. The number of nitrogens with one attached hydrogen (secondary N) is 2. The number of hydrogen-bond donors (Lipinski definition) is 2. The van der Waals surface area contributed by atoms with E-state index in [-0.39, 0.29) is 18.4 Å². The van der Waals surface area contributed by atoms with Gasteiger partial charge >= 0.3 is 0 Å². The molecule has 0 fully saturated rings. The highest BCUT2D eigenvalue weighted by Gasteiger charge is 2.12. The van der Waals surface area contributed by atoms with E-state index in [0.717, 1.165) is 10.8 Å². The monoisotopic (exact) mass is 412 g/mol. The summed E-state index contributed by atoms with van der Waals surface area (Å²) in [4.78, 5) is 24.9. The van der Waals surface area contributed by atoms with Crippen LogP contribution in [0, 0.1) is 0 Å². The van der Waals surface area contributed by atoms with Crippen LogP contribution in [-0.4, -0.2) is 18.9 Å². The summed E-state index contributed by atoms with van der Waals surface area (Å²) in [5.74, 6) is 0.187. The number of nitrogens with zero attached hydrogens (tertiary/aromatic N) is 1. The van der Waals surface area contributed by atoms with E-state index in [1.807, 2.05) is 59.4 Å². The lowest BCUT2D eigenvalue weighted by Crippen LogP contribution is -2.39. The van der Waals surface area contributed by atoms with Gasteiger partial charge in [0.1, 0.15) is 5.75 Å². The molecule has 0 spiro atoms. The fourth-order valence-corrected chi connectivity index (χ4v) is 3.29. The summed E-state index contributed by atoms with van der Waals surface area (Å²) in [5, 5.41) is 7.89. The Bertz CT molecular complexity index is 1240. The Morgan fingerprint density at radius 2 is 1.55 bits per heavy atom. The number of hydrogen-bond acceptors (Lipinski definition) is 3. The van der Waals surface area contributed by atoms with Crippen LogP contribution in [0.25, 0.3) is 10.8 Å². The largest absolute Gasteiger partial charge is 0.495 e. The molecule has 0 unspecified atom stereocenters. The summed E-state index contributed by atoms with van der Waals surface area (Å²) < 4.78 is 7.09. The average Bonchev–Trinajstić information content (AvgIpc) is 2.79. The second-order valence-electron chi connectivity index (χ2n) is 7.03. The molecule has 1 aromatic heterocycles. The predicted molar refractivity (Wildman–Crippen MR) is 120 cm³/mol. The number of pyridine rings is 1. The summed E-state index contributed by atoms with van der Waals surface area (Å²) >= 11 is 0. The van der Waals surface area contributed by atoms with Crippen LogP contribution in [0.15, 0.2) is 91.3 Å². The highest BCUT2D eigenvalue weighted by molar-refractivity contribution is 6.05. The molecule has 0 radical (unpaired) electrons. The lowest BCUT2D eigenvalue weighted by atomic mass is 10.2. The Morgan fingerprint density at radius 1 is 0.839 bits per heavy atom. The lowest BCUT2D eigenvalue weighted by molar-refractivity contribution is -0.682. The molecule has 6 heteroatoms. The standard InChI is InChI=1S/C25H21N3O3/c1-31-23-9-5-4-8-22(23)27-25(30)19-10-12-21(13-11-19)26-24(29)17-28-15-14-18-6-2-3-7-20(18)16-28/h2-16H,17H2,1H3,(H-,26,27,29,30)/p+1. The highest BCUT2D eigenvalue weighted by Crippen LogP contribution is 2.23. The summed E-state index contributed by atoms with van der Waals surface area (Å²) in [7, 11) is 1.55. The highest BCUT2D eigenvalue weighted by atomic mass is 16.5. The molecular formula is C25H22N3O3+. The number of aromatic nitrogens is 1. The van der Waals surface area contributed by atoms with Gasteiger partial charge in [0.2, 0.25) is 6.54 Å². The Hall–Kier alpha value is -4.19. The quantitative estimate of drug-likeness (QED) is 0.470. The van der Waals surface area contributed by atoms with Crippen molar-refractivity contribution in [3.63, 3.8) is 0 Å². The van der Waals surface area contributed by atoms with E-state index in [9.17, 15) is 9.59 Å². The summed E-state index contributed by atoms with van der Waals surface area (Å²) in [6, 6.07) is 24.0. The summed E-state index contributed by atoms with van der Waals surface area (Å²) in [6.45, 7) is 0.195. The number of ether oxygens (including phenoxy) is 1. The van der Waals surface area contributed by atoms with Crippen LogP contribution in [0.4, 0.5) is 11.4 Å². The Morgan fingerprint density at radius 3 is 2.32 bits per heavy atom. The van der Waals surface area contributed by atoms with Crippen LogP contribution in [-0.2, 0) is 11.3 Å². The van der Waals surface area contributed by atoms with Gasteiger partial charge in [0, 0.05) is 22.7 Å². The number of carbonyl (C=O) groups is 2. The van der Waals surface area contributed by atoms with Crippen molar-refractivity contribution < 1.29 is 18.9 Å². The average molecular weight is 412 g/mol. The smallest absolute Gasteiger partial charge is 0.290 e. The third kappa shape index (κ3) is 4.87. The van der Waals surface area contributed by atoms with E-state index >= 15 is 0 Å². The molecule has 0 aliphatic rings. The van der Waals surface area contributed by atoms with E-state index in [4.69, 9.17) is 4.74 Å². The molecule has 154 valence electrons. The Balaban J connectivity index is 1.38. The zero-order valence-electron chi connectivity index (χ0n) is 17.0. The molecule has 1 heterocycles. The molecular weight excluding hydrogens is 390 g/mol. The minimum absolute atomic E-state index is 0.147. The Kier molecular flexibility index (Phi) is 5.89. The van der Waals surface area contributed by atoms with Gasteiger partial charge in [-0.2, -0.15) is 4.57 Å². The van der Waals surface area contributed by atoms with Crippen LogP contribution in [0.3, 0.4) is 0 Å². The number of amides is 2. The lowest BCUT2D eigenvalue weighted by Gasteiger charge is -2.10. The van der Waals surface area contributed by atoms with E-state index in [2.05, 4.69) is 10.6 Å². The van der Waals surface area contributed by atoms with Crippen molar-refractivity contribution in [1.82, 2.24) is 0 Å². The third-order valence-corrected chi connectivity index (χ3v) is 4.86. The fourth-order valence-electron chi connectivity index (χ4n) is 3.29. The minimum atomic E-state index is -0.255. The first-order chi connectivity index (χ1) is 15.1. The van der Waals surface area contributed by atoms with Gasteiger partial charge in [-0.1, -0.05) is 30.3 Å². The SMILES string of the molecule is COc1ccccc1NC(=O)c1ccc(NC(=O)C[n+]2ccc3ccccc3c2)cc1. The van der Waals surface area contributed by atoms with Gasteiger partial charge < -0.3 is 15.4 Å². The van der Waals surface area contributed by atoms with Crippen molar-refractivity contribution in [2.24, 2.45) is 0 Å². The second kappa shape index (κ2) is 9.09. The van der Waals surface area contributed by atoms with E-state index in [1.165, 1.54) is 0 Å². The third-order valence-electron chi connectivity index (χ3n) is 4.86. The van der Waals surface area contributed by atoms with Crippen molar-refractivity contribution in [3.8, 4) is 5.75 Å².